The Morgan fingerprint density at radius 2 is 1.76 bits per heavy atom. The lowest BCUT2D eigenvalue weighted by atomic mass is 10.1. The van der Waals surface area contributed by atoms with Crippen LogP contribution in [0.5, 0.6) is 0 Å². The lowest BCUT2D eigenvalue weighted by Crippen LogP contribution is -2.48. The van der Waals surface area contributed by atoms with E-state index in [2.05, 4.69) is 17.1 Å². The molecule has 0 aromatic carbocycles. The molecule has 0 spiro atoms. The second kappa shape index (κ2) is 12.0. The van der Waals surface area contributed by atoms with E-state index < -0.39 is 0 Å². The molecule has 124 valence electrons. The molecule has 1 fully saturated rings. The van der Waals surface area contributed by atoms with E-state index in [1.807, 2.05) is 4.90 Å². The van der Waals surface area contributed by atoms with Crippen molar-refractivity contribution in [2.75, 3.05) is 52.4 Å². The quantitative estimate of drug-likeness (QED) is 0.561. The Morgan fingerprint density at radius 1 is 1.10 bits per heavy atom. The SMILES string of the molecule is CCCCCCCN(CCCO)C(=O)CN1CCNCC1. The molecule has 0 aliphatic carbocycles. The molecule has 2 N–H and O–H groups in total. The van der Waals surface area contributed by atoms with Crippen LogP contribution in [0.15, 0.2) is 0 Å². The van der Waals surface area contributed by atoms with Crippen molar-refractivity contribution in [1.82, 2.24) is 15.1 Å². The summed E-state index contributed by atoms with van der Waals surface area (Å²) < 4.78 is 0. The number of rotatable bonds is 11. The molecule has 5 heteroatoms. The first-order valence-corrected chi connectivity index (χ1v) is 8.59. The molecule has 0 radical (unpaired) electrons. The topological polar surface area (TPSA) is 55.8 Å². The highest BCUT2D eigenvalue weighted by atomic mass is 16.3. The van der Waals surface area contributed by atoms with Crippen molar-refractivity contribution in [2.24, 2.45) is 0 Å². The molecule has 0 atom stereocenters. The number of unbranched alkanes of at least 4 members (excludes halogenated alkanes) is 4. The summed E-state index contributed by atoms with van der Waals surface area (Å²) in [4.78, 5) is 16.6. The number of carbonyl (C=O) groups excluding carboxylic acids is 1. The standard InChI is InChI=1S/C16H33N3O2/c1-2-3-4-5-6-10-19(11-7-14-20)16(21)15-18-12-8-17-9-13-18/h17,20H,2-15H2,1H3. The van der Waals surface area contributed by atoms with Crippen molar-refractivity contribution in [3.05, 3.63) is 0 Å². The van der Waals surface area contributed by atoms with E-state index in [-0.39, 0.29) is 12.5 Å². The van der Waals surface area contributed by atoms with Crippen LogP contribution in [0.25, 0.3) is 0 Å². The molecule has 1 aliphatic heterocycles. The predicted molar refractivity (Wildman–Crippen MR) is 86.4 cm³/mol. The van der Waals surface area contributed by atoms with E-state index in [9.17, 15) is 4.79 Å². The van der Waals surface area contributed by atoms with Gasteiger partial charge in [-0.2, -0.15) is 0 Å². The molecule has 1 heterocycles. The van der Waals surface area contributed by atoms with Gasteiger partial charge in [-0.1, -0.05) is 32.6 Å². The monoisotopic (exact) mass is 299 g/mol. The molecule has 1 rings (SSSR count). The van der Waals surface area contributed by atoms with Crippen LogP contribution in [-0.2, 0) is 4.79 Å². The van der Waals surface area contributed by atoms with Gasteiger partial charge in [0.25, 0.3) is 0 Å². The number of carbonyl (C=O) groups is 1. The van der Waals surface area contributed by atoms with Gasteiger partial charge in [-0.05, 0) is 12.8 Å². The Labute approximate surface area is 129 Å². The largest absolute Gasteiger partial charge is 0.396 e. The molecule has 0 unspecified atom stereocenters. The van der Waals surface area contributed by atoms with Gasteiger partial charge >= 0.3 is 0 Å². The van der Waals surface area contributed by atoms with E-state index in [4.69, 9.17) is 5.11 Å². The van der Waals surface area contributed by atoms with Crippen LogP contribution in [0.3, 0.4) is 0 Å². The minimum Gasteiger partial charge on any atom is -0.396 e. The Morgan fingerprint density at radius 3 is 2.43 bits per heavy atom. The van der Waals surface area contributed by atoms with Gasteiger partial charge in [0.2, 0.25) is 5.91 Å². The van der Waals surface area contributed by atoms with Crippen molar-refractivity contribution >= 4 is 5.91 Å². The molecule has 21 heavy (non-hydrogen) atoms. The molecule has 5 nitrogen and oxygen atoms in total. The van der Waals surface area contributed by atoms with Crippen LogP contribution in [-0.4, -0.2) is 73.2 Å². The van der Waals surface area contributed by atoms with Crippen LogP contribution in [0, 0.1) is 0 Å². The Balaban J connectivity index is 2.29. The van der Waals surface area contributed by atoms with Gasteiger partial charge in [-0.25, -0.2) is 0 Å². The highest BCUT2D eigenvalue weighted by molar-refractivity contribution is 5.78. The van der Waals surface area contributed by atoms with Crippen LogP contribution in [0.4, 0.5) is 0 Å². The van der Waals surface area contributed by atoms with Crippen molar-refractivity contribution < 1.29 is 9.90 Å². The normalized spacial score (nSPS) is 16.1. The highest BCUT2D eigenvalue weighted by Crippen LogP contribution is 2.06. The lowest BCUT2D eigenvalue weighted by molar-refractivity contribution is -0.132. The fourth-order valence-electron chi connectivity index (χ4n) is 2.69. The summed E-state index contributed by atoms with van der Waals surface area (Å²) in [6.45, 7) is 8.29. The maximum absolute atomic E-state index is 12.4. The van der Waals surface area contributed by atoms with Crippen molar-refractivity contribution in [3.8, 4) is 0 Å². The number of nitrogens with one attached hydrogen (secondary N) is 1. The molecule has 0 bridgehead atoms. The first kappa shape index (κ1) is 18.4. The minimum atomic E-state index is 0.160. The number of hydrogen-bond acceptors (Lipinski definition) is 4. The number of piperazine rings is 1. The van der Waals surface area contributed by atoms with Gasteiger partial charge in [0, 0.05) is 45.9 Å². The number of hydrogen-bond donors (Lipinski definition) is 2. The third-order valence-corrected chi connectivity index (χ3v) is 4.04. The number of aliphatic hydroxyl groups is 1. The minimum absolute atomic E-state index is 0.160. The van der Waals surface area contributed by atoms with Crippen molar-refractivity contribution in [2.45, 2.75) is 45.4 Å². The van der Waals surface area contributed by atoms with Crippen molar-refractivity contribution in [3.63, 3.8) is 0 Å². The van der Waals surface area contributed by atoms with Crippen LogP contribution in [0.1, 0.15) is 45.4 Å². The molecular formula is C16H33N3O2. The Kier molecular flexibility index (Phi) is 10.5. The van der Waals surface area contributed by atoms with Crippen LogP contribution >= 0.6 is 0 Å². The highest BCUT2D eigenvalue weighted by Gasteiger charge is 2.18. The van der Waals surface area contributed by atoms with Gasteiger partial charge in [-0.15, -0.1) is 0 Å². The van der Waals surface area contributed by atoms with Gasteiger partial charge in [-0.3, -0.25) is 9.69 Å². The first-order valence-electron chi connectivity index (χ1n) is 8.59. The maximum Gasteiger partial charge on any atom is 0.236 e. The molecule has 1 aliphatic rings. The zero-order chi connectivity index (χ0) is 15.3. The summed E-state index contributed by atoms with van der Waals surface area (Å²) in [7, 11) is 0. The van der Waals surface area contributed by atoms with E-state index in [0.29, 0.717) is 19.5 Å². The average molecular weight is 299 g/mol. The summed E-state index contributed by atoms with van der Waals surface area (Å²) >= 11 is 0. The van der Waals surface area contributed by atoms with Crippen LogP contribution in [0.2, 0.25) is 0 Å². The molecule has 1 amide bonds. The summed E-state index contributed by atoms with van der Waals surface area (Å²) in [5, 5.41) is 12.3. The lowest BCUT2D eigenvalue weighted by Gasteiger charge is -2.30. The Hall–Kier alpha value is -0.650. The first-order chi connectivity index (χ1) is 10.3. The zero-order valence-electron chi connectivity index (χ0n) is 13.6. The van der Waals surface area contributed by atoms with Gasteiger partial charge in [0.15, 0.2) is 0 Å². The van der Waals surface area contributed by atoms with Gasteiger partial charge in [0.1, 0.15) is 0 Å². The van der Waals surface area contributed by atoms with E-state index in [1.54, 1.807) is 0 Å². The van der Waals surface area contributed by atoms with E-state index >= 15 is 0 Å². The van der Waals surface area contributed by atoms with Gasteiger partial charge < -0.3 is 15.3 Å². The van der Waals surface area contributed by atoms with E-state index in [1.165, 1.54) is 25.7 Å². The third-order valence-electron chi connectivity index (χ3n) is 4.04. The second-order valence-corrected chi connectivity index (χ2v) is 5.90. The summed E-state index contributed by atoms with van der Waals surface area (Å²) in [6.07, 6.45) is 6.75. The fourth-order valence-corrected chi connectivity index (χ4v) is 2.69. The summed E-state index contributed by atoms with van der Waals surface area (Å²) in [5.74, 6) is 0.223. The predicted octanol–water partition coefficient (Wildman–Crippen LogP) is 1.07. The maximum atomic E-state index is 12.4. The number of aliphatic hydroxyl groups excluding tert-OH is 1. The molecular weight excluding hydrogens is 266 g/mol. The van der Waals surface area contributed by atoms with Crippen LogP contribution < -0.4 is 5.32 Å². The molecule has 0 saturated carbocycles. The Bertz CT molecular complexity index is 268. The second-order valence-electron chi connectivity index (χ2n) is 5.90. The number of amides is 1. The smallest absolute Gasteiger partial charge is 0.236 e. The average Bonchev–Trinajstić information content (AvgIpc) is 2.51. The van der Waals surface area contributed by atoms with Crippen molar-refractivity contribution in [1.29, 1.82) is 0 Å². The molecule has 1 saturated heterocycles. The third kappa shape index (κ3) is 8.39. The molecule has 0 aromatic rings. The number of nitrogens with zero attached hydrogens (tertiary/aromatic N) is 2. The fraction of sp³-hybridized carbons (Fsp3) is 0.938. The van der Waals surface area contributed by atoms with E-state index in [0.717, 1.165) is 39.1 Å². The zero-order valence-corrected chi connectivity index (χ0v) is 13.6. The molecule has 0 aromatic heterocycles. The van der Waals surface area contributed by atoms with Gasteiger partial charge in [0.05, 0.1) is 6.54 Å². The summed E-state index contributed by atoms with van der Waals surface area (Å²) in [5.41, 5.74) is 0. The summed E-state index contributed by atoms with van der Waals surface area (Å²) in [6, 6.07) is 0.